The SMILES string of the molecule is COC(=O)CCCCCNc1nc(C)cc(C#N)n1. The van der Waals surface area contributed by atoms with Crippen molar-refractivity contribution in [1.82, 2.24) is 9.97 Å². The Morgan fingerprint density at radius 1 is 1.42 bits per heavy atom. The summed E-state index contributed by atoms with van der Waals surface area (Å²) in [5, 5.41) is 11.9. The van der Waals surface area contributed by atoms with Crippen LogP contribution in [-0.2, 0) is 9.53 Å². The Kier molecular flexibility index (Phi) is 6.30. The van der Waals surface area contributed by atoms with Crippen LogP contribution >= 0.6 is 0 Å². The Labute approximate surface area is 112 Å². The van der Waals surface area contributed by atoms with Crippen molar-refractivity contribution in [1.29, 1.82) is 5.26 Å². The van der Waals surface area contributed by atoms with E-state index in [2.05, 4.69) is 20.0 Å². The van der Waals surface area contributed by atoms with E-state index in [-0.39, 0.29) is 5.97 Å². The van der Waals surface area contributed by atoms with Crippen LogP contribution < -0.4 is 5.32 Å². The number of ether oxygens (including phenoxy) is 1. The number of aryl methyl sites for hydroxylation is 1. The highest BCUT2D eigenvalue weighted by atomic mass is 16.5. The number of nitrogens with one attached hydrogen (secondary N) is 1. The van der Waals surface area contributed by atoms with Crippen LogP contribution in [-0.4, -0.2) is 29.6 Å². The Morgan fingerprint density at radius 3 is 2.89 bits per heavy atom. The molecule has 0 saturated carbocycles. The van der Waals surface area contributed by atoms with Crippen LogP contribution in [0.1, 0.15) is 37.1 Å². The molecule has 6 nitrogen and oxygen atoms in total. The molecule has 6 heteroatoms. The average Bonchev–Trinajstić information content (AvgIpc) is 2.41. The minimum atomic E-state index is -0.173. The molecule has 0 saturated heterocycles. The number of unbranched alkanes of at least 4 members (excludes halogenated alkanes) is 2. The largest absolute Gasteiger partial charge is 0.469 e. The lowest BCUT2D eigenvalue weighted by Crippen LogP contribution is -2.07. The quantitative estimate of drug-likeness (QED) is 0.595. The molecule has 0 bridgehead atoms. The number of nitriles is 1. The summed E-state index contributed by atoms with van der Waals surface area (Å²) in [5.41, 5.74) is 1.13. The van der Waals surface area contributed by atoms with Crippen LogP contribution in [0.15, 0.2) is 6.07 Å². The van der Waals surface area contributed by atoms with Gasteiger partial charge in [0.05, 0.1) is 7.11 Å². The number of nitrogens with zero attached hydrogens (tertiary/aromatic N) is 3. The maximum atomic E-state index is 10.9. The van der Waals surface area contributed by atoms with Gasteiger partial charge >= 0.3 is 5.97 Å². The summed E-state index contributed by atoms with van der Waals surface area (Å²) in [6.07, 6.45) is 3.11. The molecule has 0 radical (unpaired) electrons. The van der Waals surface area contributed by atoms with E-state index in [9.17, 15) is 4.79 Å². The molecule has 1 aromatic rings. The van der Waals surface area contributed by atoms with Crippen LogP contribution in [0.2, 0.25) is 0 Å². The van der Waals surface area contributed by atoms with Crippen molar-refractivity contribution in [2.24, 2.45) is 0 Å². The third kappa shape index (κ3) is 5.82. The lowest BCUT2D eigenvalue weighted by molar-refractivity contribution is -0.140. The van der Waals surface area contributed by atoms with Gasteiger partial charge in [-0.15, -0.1) is 0 Å². The van der Waals surface area contributed by atoms with Gasteiger partial charge in [-0.05, 0) is 25.8 Å². The van der Waals surface area contributed by atoms with Gasteiger partial charge in [0.15, 0.2) is 0 Å². The standard InChI is InChI=1S/C13H18N4O2/c1-10-8-11(9-14)17-13(16-10)15-7-5-3-4-6-12(18)19-2/h8H,3-7H2,1-2H3,(H,15,16,17). The summed E-state index contributed by atoms with van der Waals surface area (Å²) in [7, 11) is 1.39. The average molecular weight is 262 g/mol. The van der Waals surface area contributed by atoms with Crippen molar-refractivity contribution in [3.8, 4) is 6.07 Å². The number of hydrogen-bond donors (Lipinski definition) is 1. The smallest absolute Gasteiger partial charge is 0.305 e. The predicted molar refractivity (Wildman–Crippen MR) is 70.5 cm³/mol. The molecule has 0 aliphatic rings. The molecule has 0 aliphatic heterocycles. The molecule has 1 N–H and O–H groups in total. The van der Waals surface area contributed by atoms with Crippen molar-refractivity contribution in [3.05, 3.63) is 17.5 Å². The predicted octanol–water partition coefficient (Wildman–Crippen LogP) is 1.80. The maximum absolute atomic E-state index is 10.9. The summed E-state index contributed by atoms with van der Waals surface area (Å²) in [6, 6.07) is 3.64. The van der Waals surface area contributed by atoms with Gasteiger partial charge in [0.2, 0.25) is 5.95 Å². The van der Waals surface area contributed by atoms with Gasteiger partial charge in [0.1, 0.15) is 11.8 Å². The fraction of sp³-hybridized carbons (Fsp3) is 0.538. The summed E-state index contributed by atoms with van der Waals surface area (Å²) in [6.45, 7) is 2.54. The zero-order valence-corrected chi connectivity index (χ0v) is 11.3. The Balaban J connectivity index is 2.24. The number of carbonyl (C=O) groups excluding carboxylic acids is 1. The second-order valence-corrected chi connectivity index (χ2v) is 4.14. The first-order chi connectivity index (χ1) is 9.15. The third-order valence-electron chi connectivity index (χ3n) is 2.54. The summed E-state index contributed by atoms with van der Waals surface area (Å²) in [5.74, 6) is 0.304. The molecule has 19 heavy (non-hydrogen) atoms. The molecular formula is C13H18N4O2. The molecule has 1 heterocycles. The second-order valence-electron chi connectivity index (χ2n) is 4.14. The second kappa shape index (κ2) is 8.03. The van der Waals surface area contributed by atoms with E-state index < -0.39 is 0 Å². The van der Waals surface area contributed by atoms with E-state index in [0.717, 1.165) is 31.5 Å². The highest BCUT2D eigenvalue weighted by Gasteiger charge is 2.02. The van der Waals surface area contributed by atoms with E-state index in [1.165, 1.54) is 7.11 Å². The monoisotopic (exact) mass is 262 g/mol. The zero-order valence-electron chi connectivity index (χ0n) is 11.3. The number of rotatable bonds is 7. The van der Waals surface area contributed by atoms with Gasteiger partial charge in [-0.3, -0.25) is 4.79 Å². The first-order valence-corrected chi connectivity index (χ1v) is 6.22. The first kappa shape index (κ1) is 14.9. The number of carbonyl (C=O) groups is 1. The summed E-state index contributed by atoms with van der Waals surface area (Å²) < 4.78 is 4.56. The molecule has 1 rings (SSSR count). The number of methoxy groups -OCH3 is 1. The summed E-state index contributed by atoms with van der Waals surface area (Å²) in [4.78, 5) is 19.1. The van der Waals surface area contributed by atoms with Crippen LogP contribution in [0.5, 0.6) is 0 Å². The number of esters is 1. The Bertz CT molecular complexity index is 468. The molecule has 0 spiro atoms. The van der Waals surface area contributed by atoms with Crippen LogP contribution in [0.3, 0.4) is 0 Å². The fourth-order valence-electron chi connectivity index (χ4n) is 1.58. The molecular weight excluding hydrogens is 244 g/mol. The molecule has 1 aromatic heterocycles. The van der Waals surface area contributed by atoms with Crippen molar-refractivity contribution < 1.29 is 9.53 Å². The molecule has 0 atom stereocenters. The molecule has 0 amide bonds. The van der Waals surface area contributed by atoms with Gasteiger partial charge in [0, 0.05) is 18.7 Å². The van der Waals surface area contributed by atoms with Gasteiger partial charge in [-0.1, -0.05) is 6.42 Å². The minimum Gasteiger partial charge on any atom is -0.469 e. The van der Waals surface area contributed by atoms with E-state index >= 15 is 0 Å². The number of aromatic nitrogens is 2. The molecule has 0 aliphatic carbocycles. The normalized spacial score (nSPS) is 9.74. The lowest BCUT2D eigenvalue weighted by Gasteiger charge is -2.05. The van der Waals surface area contributed by atoms with Crippen molar-refractivity contribution in [2.75, 3.05) is 19.0 Å². The van der Waals surface area contributed by atoms with E-state index in [0.29, 0.717) is 18.1 Å². The Hall–Kier alpha value is -2.16. The highest BCUT2D eigenvalue weighted by Crippen LogP contribution is 2.05. The molecule has 0 aromatic carbocycles. The Morgan fingerprint density at radius 2 is 2.21 bits per heavy atom. The van der Waals surface area contributed by atoms with Gasteiger partial charge in [-0.25, -0.2) is 9.97 Å². The van der Waals surface area contributed by atoms with E-state index in [1.807, 2.05) is 13.0 Å². The maximum Gasteiger partial charge on any atom is 0.305 e. The summed E-state index contributed by atoms with van der Waals surface area (Å²) >= 11 is 0. The molecule has 102 valence electrons. The van der Waals surface area contributed by atoms with Crippen LogP contribution in [0, 0.1) is 18.3 Å². The lowest BCUT2D eigenvalue weighted by atomic mass is 10.2. The van der Waals surface area contributed by atoms with Gasteiger partial charge < -0.3 is 10.1 Å². The topological polar surface area (TPSA) is 87.9 Å². The minimum absolute atomic E-state index is 0.173. The van der Waals surface area contributed by atoms with E-state index in [1.54, 1.807) is 6.07 Å². The zero-order chi connectivity index (χ0) is 14.1. The molecule has 0 fully saturated rings. The van der Waals surface area contributed by atoms with E-state index in [4.69, 9.17) is 5.26 Å². The fourth-order valence-corrected chi connectivity index (χ4v) is 1.58. The third-order valence-corrected chi connectivity index (χ3v) is 2.54. The first-order valence-electron chi connectivity index (χ1n) is 6.22. The number of anilines is 1. The van der Waals surface area contributed by atoms with Crippen molar-refractivity contribution in [2.45, 2.75) is 32.6 Å². The number of hydrogen-bond acceptors (Lipinski definition) is 6. The van der Waals surface area contributed by atoms with Crippen molar-refractivity contribution in [3.63, 3.8) is 0 Å². The molecule has 0 unspecified atom stereocenters. The van der Waals surface area contributed by atoms with Crippen LogP contribution in [0.25, 0.3) is 0 Å². The van der Waals surface area contributed by atoms with Gasteiger partial charge in [-0.2, -0.15) is 5.26 Å². The van der Waals surface area contributed by atoms with Crippen LogP contribution in [0.4, 0.5) is 5.95 Å². The van der Waals surface area contributed by atoms with Crippen molar-refractivity contribution >= 4 is 11.9 Å². The van der Waals surface area contributed by atoms with Gasteiger partial charge in [0.25, 0.3) is 0 Å². The highest BCUT2D eigenvalue weighted by molar-refractivity contribution is 5.68.